The molecule has 1 atom stereocenters. The summed E-state index contributed by atoms with van der Waals surface area (Å²) in [4.78, 5) is 36.8. The van der Waals surface area contributed by atoms with E-state index in [4.69, 9.17) is 5.26 Å². The summed E-state index contributed by atoms with van der Waals surface area (Å²) in [6.45, 7) is 3.05. The molecule has 6 nitrogen and oxygen atoms in total. The average molecular weight is 285 g/mol. The van der Waals surface area contributed by atoms with Crippen LogP contribution in [0.1, 0.15) is 31.4 Å². The number of ketones is 1. The highest BCUT2D eigenvalue weighted by Gasteiger charge is 2.49. The van der Waals surface area contributed by atoms with Gasteiger partial charge in [-0.25, -0.2) is 4.79 Å². The fourth-order valence-electron chi connectivity index (χ4n) is 2.20. The van der Waals surface area contributed by atoms with Gasteiger partial charge in [-0.3, -0.25) is 14.5 Å². The van der Waals surface area contributed by atoms with Crippen LogP contribution in [0.2, 0.25) is 0 Å². The number of carbonyl (C=O) groups is 3. The van der Waals surface area contributed by atoms with E-state index in [0.29, 0.717) is 11.1 Å². The van der Waals surface area contributed by atoms with Gasteiger partial charge in [0, 0.05) is 6.42 Å². The molecule has 1 N–H and O–H groups in total. The van der Waals surface area contributed by atoms with Crippen molar-refractivity contribution in [2.45, 2.75) is 25.8 Å². The molecule has 0 radical (unpaired) electrons. The summed E-state index contributed by atoms with van der Waals surface area (Å²) < 4.78 is 0. The van der Waals surface area contributed by atoms with Crippen molar-refractivity contribution in [3.8, 4) is 6.07 Å². The van der Waals surface area contributed by atoms with Crippen molar-refractivity contribution in [2.24, 2.45) is 0 Å². The van der Waals surface area contributed by atoms with Crippen LogP contribution in [0.5, 0.6) is 0 Å². The van der Waals surface area contributed by atoms with Crippen molar-refractivity contribution < 1.29 is 14.4 Å². The first kappa shape index (κ1) is 14.7. The summed E-state index contributed by atoms with van der Waals surface area (Å²) in [7, 11) is 0. The van der Waals surface area contributed by atoms with Crippen LogP contribution in [0.3, 0.4) is 0 Å². The van der Waals surface area contributed by atoms with Gasteiger partial charge in [0.15, 0.2) is 5.78 Å². The van der Waals surface area contributed by atoms with Crippen molar-refractivity contribution in [3.63, 3.8) is 0 Å². The number of hydrogen-bond acceptors (Lipinski definition) is 4. The van der Waals surface area contributed by atoms with E-state index in [-0.39, 0.29) is 18.7 Å². The Morgan fingerprint density at radius 1 is 1.33 bits per heavy atom. The zero-order chi connectivity index (χ0) is 15.6. The third-order valence-corrected chi connectivity index (χ3v) is 3.60. The molecule has 1 aliphatic rings. The van der Waals surface area contributed by atoms with Crippen LogP contribution >= 0.6 is 0 Å². The Labute approximate surface area is 122 Å². The monoisotopic (exact) mass is 285 g/mol. The summed E-state index contributed by atoms with van der Waals surface area (Å²) >= 11 is 0. The van der Waals surface area contributed by atoms with Crippen LogP contribution in [0, 0.1) is 11.3 Å². The Morgan fingerprint density at radius 2 is 1.95 bits per heavy atom. The first-order valence-corrected chi connectivity index (χ1v) is 6.59. The molecule has 0 spiro atoms. The third-order valence-electron chi connectivity index (χ3n) is 3.60. The smallest absolute Gasteiger partial charge is 0.319 e. The number of urea groups is 1. The second-order valence-electron chi connectivity index (χ2n) is 5.03. The lowest BCUT2D eigenvalue weighted by Gasteiger charge is -2.22. The highest BCUT2D eigenvalue weighted by molar-refractivity contribution is 6.09. The van der Waals surface area contributed by atoms with E-state index in [0.717, 1.165) is 4.90 Å². The normalized spacial score (nSPS) is 21.1. The van der Waals surface area contributed by atoms with Gasteiger partial charge >= 0.3 is 6.03 Å². The minimum atomic E-state index is -1.21. The second kappa shape index (κ2) is 5.37. The Kier molecular flexibility index (Phi) is 3.76. The van der Waals surface area contributed by atoms with Gasteiger partial charge in [0.2, 0.25) is 0 Å². The zero-order valence-corrected chi connectivity index (χ0v) is 11.8. The second-order valence-corrected chi connectivity index (χ2v) is 5.03. The Hall–Kier alpha value is -2.68. The van der Waals surface area contributed by atoms with E-state index in [2.05, 4.69) is 5.32 Å². The van der Waals surface area contributed by atoms with Gasteiger partial charge in [0.05, 0.1) is 18.2 Å². The van der Waals surface area contributed by atoms with Crippen LogP contribution in [-0.2, 0) is 15.1 Å². The predicted octanol–water partition coefficient (Wildman–Crippen LogP) is 1.30. The molecule has 0 unspecified atom stereocenters. The van der Waals surface area contributed by atoms with Crippen LogP contribution < -0.4 is 5.32 Å². The number of benzene rings is 1. The molecule has 0 aromatic heterocycles. The number of hydrogen-bond donors (Lipinski definition) is 1. The van der Waals surface area contributed by atoms with Crippen LogP contribution in [0.25, 0.3) is 0 Å². The maximum atomic E-state index is 12.5. The zero-order valence-electron chi connectivity index (χ0n) is 11.8. The van der Waals surface area contributed by atoms with Crippen molar-refractivity contribution in [1.82, 2.24) is 10.2 Å². The number of imide groups is 1. The number of nitrogens with zero attached hydrogens (tertiary/aromatic N) is 2. The maximum absolute atomic E-state index is 12.5. The van der Waals surface area contributed by atoms with Gasteiger partial charge in [0.1, 0.15) is 5.54 Å². The Bertz CT molecular complexity index is 645. The van der Waals surface area contributed by atoms with Gasteiger partial charge in [-0.15, -0.1) is 0 Å². The quantitative estimate of drug-likeness (QED) is 0.844. The highest BCUT2D eigenvalue weighted by Crippen LogP contribution is 2.28. The molecule has 6 heteroatoms. The third kappa shape index (κ3) is 2.50. The number of amides is 3. The van der Waals surface area contributed by atoms with Crippen LogP contribution in [0.4, 0.5) is 4.79 Å². The molecule has 1 fully saturated rings. The molecule has 1 aliphatic heterocycles. The molecule has 1 aromatic carbocycles. The predicted molar refractivity (Wildman–Crippen MR) is 74.1 cm³/mol. The summed E-state index contributed by atoms with van der Waals surface area (Å²) in [5.41, 5.74) is -0.164. The number of Topliss-reactive ketones (excluding diaryl/α,β-unsaturated/α-hetero) is 1. The van der Waals surface area contributed by atoms with Gasteiger partial charge in [0.25, 0.3) is 5.91 Å². The molecule has 1 aromatic rings. The van der Waals surface area contributed by atoms with Gasteiger partial charge < -0.3 is 5.32 Å². The molecule has 0 bridgehead atoms. The van der Waals surface area contributed by atoms with Gasteiger partial charge in [-0.2, -0.15) is 5.26 Å². The van der Waals surface area contributed by atoms with E-state index in [1.807, 2.05) is 6.07 Å². The number of rotatable bonds is 4. The maximum Gasteiger partial charge on any atom is 0.325 e. The van der Waals surface area contributed by atoms with Gasteiger partial charge in [-0.1, -0.05) is 19.1 Å². The van der Waals surface area contributed by atoms with Gasteiger partial charge in [-0.05, 0) is 24.6 Å². The fraction of sp³-hybridized carbons (Fsp3) is 0.333. The number of carbonyl (C=O) groups excluding carboxylic acids is 3. The Balaban J connectivity index is 2.31. The molecule has 1 heterocycles. The van der Waals surface area contributed by atoms with Crippen molar-refractivity contribution in [2.75, 3.05) is 6.54 Å². The molecule has 1 saturated heterocycles. The minimum Gasteiger partial charge on any atom is -0.319 e. The van der Waals surface area contributed by atoms with E-state index in [9.17, 15) is 14.4 Å². The molecular weight excluding hydrogens is 270 g/mol. The minimum absolute atomic E-state index is 0.178. The Morgan fingerprint density at radius 3 is 2.48 bits per heavy atom. The van der Waals surface area contributed by atoms with E-state index in [1.54, 1.807) is 38.1 Å². The molecule has 21 heavy (non-hydrogen) atoms. The summed E-state index contributed by atoms with van der Waals surface area (Å²) in [5, 5.41) is 11.4. The van der Waals surface area contributed by atoms with E-state index < -0.39 is 17.5 Å². The van der Waals surface area contributed by atoms with E-state index in [1.165, 1.54) is 0 Å². The fourth-order valence-corrected chi connectivity index (χ4v) is 2.20. The first-order valence-electron chi connectivity index (χ1n) is 6.59. The van der Waals surface area contributed by atoms with Crippen LogP contribution in [0.15, 0.2) is 24.3 Å². The summed E-state index contributed by atoms with van der Waals surface area (Å²) in [5.74, 6) is -0.637. The standard InChI is InChI=1S/C15H15N3O3/c1-3-12(19)9-18-13(20)15(2,17-14(18)21)11-6-4-10(8-16)5-7-11/h4-7H,3,9H2,1-2H3,(H,17,21)/t15-/m1/s1. The molecule has 3 amide bonds. The largest absolute Gasteiger partial charge is 0.325 e. The molecule has 2 rings (SSSR count). The van der Waals surface area contributed by atoms with Crippen molar-refractivity contribution >= 4 is 17.7 Å². The van der Waals surface area contributed by atoms with Crippen molar-refractivity contribution in [1.29, 1.82) is 5.26 Å². The van der Waals surface area contributed by atoms with E-state index >= 15 is 0 Å². The molecule has 108 valence electrons. The lowest BCUT2D eigenvalue weighted by Crippen LogP contribution is -2.41. The average Bonchev–Trinajstić information content (AvgIpc) is 2.71. The number of nitrogens with one attached hydrogen (secondary N) is 1. The lowest BCUT2D eigenvalue weighted by atomic mass is 9.91. The topological polar surface area (TPSA) is 90.3 Å². The first-order chi connectivity index (χ1) is 9.92. The lowest BCUT2D eigenvalue weighted by molar-refractivity contribution is -0.134. The summed E-state index contributed by atoms with van der Waals surface area (Å²) in [6.07, 6.45) is 0.268. The molecule has 0 saturated carbocycles. The highest BCUT2D eigenvalue weighted by atomic mass is 16.2. The van der Waals surface area contributed by atoms with Crippen LogP contribution in [-0.4, -0.2) is 29.2 Å². The number of nitriles is 1. The molecular formula is C15H15N3O3. The SMILES string of the molecule is CCC(=O)CN1C(=O)N[C@](C)(c2ccc(C#N)cc2)C1=O. The molecule has 0 aliphatic carbocycles. The summed E-state index contributed by atoms with van der Waals surface area (Å²) in [6, 6.07) is 7.84. The van der Waals surface area contributed by atoms with Crippen molar-refractivity contribution in [3.05, 3.63) is 35.4 Å².